The van der Waals surface area contributed by atoms with Gasteiger partial charge in [0.1, 0.15) is 6.33 Å². The zero-order chi connectivity index (χ0) is 15.0. The van der Waals surface area contributed by atoms with Crippen LogP contribution in [0.5, 0.6) is 0 Å². The third-order valence-corrected chi connectivity index (χ3v) is 3.43. The van der Waals surface area contributed by atoms with E-state index in [0.717, 1.165) is 24.5 Å². The van der Waals surface area contributed by atoms with Crippen LogP contribution in [0.15, 0.2) is 41.7 Å². The molecule has 0 saturated carbocycles. The first-order valence-corrected chi connectivity index (χ1v) is 6.75. The van der Waals surface area contributed by atoms with Gasteiger partial charge in [-0.2, -0.15) is 13.2 Å². The van der Waals surface area contributed by atoms with Crippen molar-refractivity contribution in [1.29, 1.82) is 0 Å². The summed E-state index contributed by atoms with van der Waals surface area (Å²) in [5.41, 5.74) is -1.87. The summed E-state index contributed by atoms with van der Waals surface area (Å²) in [4.78, 5) is 6.61. The van der Waals surface area contributed by atoms with Crippen molar-refractivity contribution >= 4 is 10.0 Å². The molecule has 1 aromatic carbocycles. The largest absolute Gasteiger partial charge is 0.417 e. The minimum Gasteiger partial charge on any atom is -0.245 e. The molecule has 0 aliphatic carbocycles. The molecule has 0 aliphatic rings. The van der Waals surface area contributed by atoms with Gasteiger partial charge in [-0.25, -0.2) is 23.5 Å². The first-order valence-electron chi connectivity index (χ1n) is 5.20. The van der Waals surface area contributed by atoms with E-state index in [4.69, 9.17) is 5.14 Å². The first kappa shape index (κ1) is 14.4. The highest BCUT2D eigenvalue weighted by atomic mass is 32.2. The van der Waals surface area contributed by atoms with E-state index in [0.29, 0.717) is 0 Å². The van der Waals surface area contributed by atoms with Gasteiger partial charge >= 0.3 is 6.18 Å². The van der Waals surface area contributed by atoms with Gasteiger partial charge in [-0.05, 0) is 18.2 Å². The molecule has 2 N–H and O–H groups in total. The molecule has 0 bridgehead atoms. The SMILES string of the molecule is NS(=O)(=O)c1cccc(C(F)(F)F)c1-c1ccncn1. The van der Waals surface area contributed by atoms with Crippen LogP contribution in [0.3, 0.4) is 0 Å². The molecule has 0 unspecified atom stereocenters. The summed E-state index contributed by atoms with van der Waals surface area (Å²) in [5, 5.41) is 4.97. The van der Waals surface area contributed by atoms with Crippen molar-refractivity contribution in [3.8, 4) is 11.3 Å². The normalized spacial score (nSPS) is 12.4. The minimum absolute atomic E-state index is 0.169. The molecule has 2 aromatic rings. The Morgan fingerprint density at radius 3 is 2.35 bits per heavy atom. The number of primary sulfonamides is 1. The lowest BCUT2D eigenvalue weighted by Gasteiger charge is -2.15. The van der Waals surface area contributed by atoms with Crippen LogP contribution < -0.4 is 5.14 Å². The highest BCUT2D eigenvalue weighted by Gasteiger charge is 2.36. The molecular formula is C11H8F3N3O2S. The second-order valence-corrected chi connectivity index (χ2v) is 5.35. The second-order valence-electron chi connectivity index (χ2n) is 3.82. The van der Waals surface area contributed by atoms with Crippen molar-refractivity contribution in [2.75, 3.05) is 0 Å². The van der Waals surface area contributed by atoms with E-state index in [1.807, 2.05) is 0 Å². The summed E-state index contributed by atoms with van der Waals surface area (Å²) >= 11 is 0. The van der Waals surface area contributed by atoms with Gasteiger partial charge in [0.05, 0.1) is 16.2 Å². The average Bonchev–Trinajstić information content (AvgIpc) is 2.37. The molecule has 1 heterocycles. The van der Waals surface area contributed by atoms with Gasteiger partial charge in [-0.15, -0.1) is 0 Å². The number of aromatic nitrogens is 2. The van der Waals surface area contributed by atoms with Crippen LogP contribution in [0, 0.1) is 0 Å². The Kier molecular flexibility index (Phi) is 3.48. The topological polar surface area (TPSA) is 85.9 Å². The van der Waals surface area contributed by atoms with E-state index in [9.17, 15) is 21.6 Å². The summed E-state index contributed by atoms with van der Waals surface area (Å²) in [6.07, 6.45) is -2.50. The fourth-order valence-corrected chi connectivity index (χ4v) is 2.47. The Morgan fingerprint density at radius 1 is 1.15 bits per heavy atom. The van der Waals surface area contributed by atoms with E-state index in [2.05, 4.69) is 9.97 Å². The lowest BCUT2D eigenvalue weighted by Crippen LogP contribution is -2.17. The first-order chi connectivity index (χ1) is 9.21. The lowest BCUT2D eigenvalue weighted by atomic mass is 10.0. The number of hydrogen-bond donors (Lipinski definition) is 1. The Bertz CT molecular complexity index is 730. The smallest absolute Gasteiger partial charge is 0.245 e. The summed E-state index contributed by atoms with van der Waals surface area (Å²) < 4.78 is 62.0. The number of halogens is 3. The molecule has 0 amide bonds. The fourth-order valence-electron chi connectivity index (χ4n) is 1.71. The van der Waals surface area contributed by atoms with E-state index >= 15 is 0 Å². The second kappa shape index (κ2) is 4.84. The third-order valence-electron chi connectivity index (χ3n) is 2.48. The Morgan fingerprint density at radius 2 is 1.85 bits per heavy atom. The van der Waals surface area contributed by atoms with E-state index < -0.39 is 32.2 Å². The van der Waals surface area contributed by atoms with Crippen LogP contribution in [-0.4, -0.2) is 18.4 Å². The maximum atomic E-state index is 13.0. The van der Waals surface area contributed by atoms with Crippen LogP contribution in [0.1, 0.15) is 5.56 Å². The molecule has 2 rings (SSSR count). The molecule has 5 nitrogen and oxygen atoms in total. The van der Waals surface area contributed by atoms with E-state index in [-0.39, 0.29) is 5.69 Å². The van der Waals surface area contributed by atoms with Crippen molar-refractivity contribution in [3.63, 3.8) is 0 Å². The Labute approximate surface area is 112 Å². The van der Waals surface area contributed by atoms with Crippen LogP contribution >= 0.6 is 0 Å². The number of sulfonamides is 1. The maximum absolute atomic E-state index is 13.0. The monoisotopic (exact) mass is 303 g/mol. The Balaban J connectivity index is 2.87. The number of hydrogen-bond acceptors (Lipinski definition) is 4. The summed E-state index contributed by atoms with van der Waals surface area (Å²) in [7, 11) is -4.32. The summed E-state index contributed by atoms with van der Waals surface area (Å²) in [5.74, 6) is 0. The predicted molar refractivity (Wildman–Crippen MR) is 63.8 cm³/mol. The van der Waals surface area contributed by atoms with Crippen molar-refractivity contribution < 1.29 is 21.6 Å². The van der Waals surface area contributed by atoms with Gasteiger partial charge in [0.15, 0.2) is 0 Å². The summed E-state index contributed by atoms with van der Waals surface area (Å²) in [6, 6.07) is 3.93. The molecule has 20 heavy (non-hydrogen) atoms. The van der Waals surface area contributed by atoms with Crippen LogP contribution in [0.25, 0.3) is 11.3 Å². The van der Waals surface area contributed by atoms with Gasteiger partial charge in [0.25, 0.3) is 0 Å². The predicted octanol–water partition coefficient (Wildman–Crippen LogP) is 1.81. The van der Waals surface area contributed by atoms with Gasteiger partial charge in [-0.1, -0.05) is 6.07 Å². The van der Waals surface area contributed by atoms with Gasteiger partial charge < -0.3 is 0 Å². The van der Waals surface area contributed by atoms with Gasteiger partial charge in [0, 0.05) is 11.8 Å². The van der Waals surface area contributed by atoms with Crippen molar-refractivity contribution in [2.45, 2.75) is 11.1 Å². The zero-order valence-electron chi connectivity index (χ0n) is 9.79. The van der Waals surface area contributed by atoms with Crippen LogP contribution in [-0.2, 0) is 16.2 Å². The highest BCUT2D eigenvalue weighted by molar-refractivity contribution is 7.89. The lowest BCUT2D eigenvalue weighted by molar-refractivity contribution is -0.137. The molecule has 106 valence electrons. The standard InChI is InChI=1S/C11H8F3N3O2S/c12-11(13,14)7-2-1-3-9(20(15,18)19)10(7)8-4-5-16-6-17-8/h1-6H,(H2,15,18,19). The maximum Gasteiger partial charge on any atom is 0.417 e. The molecule has 0 spiro atoms. The van der Waals surface area contributed by atoms with Crippen LogP contribution in [0.4, 0.5) is 13.2 Å². The molecule has 0 atom stereocenters. The molecule has 0 radical (unpaired) electrons. The molecular weight excluding hydrogens is 295 g/mol. The number of benzene rings is 1. The molecule has 0 fully saturated rings. The number of alkyl halides is 3. The number of rotatable bonds is 2. The van der Waals surface area contributed by atoms with Crippen molar-refractivity contribution in [3.05, 3.63) is 42.4 Å². The zero-order valence-corrected chi connectivity index (χ0v) is 10.6. The molecule has 0 saturated heterocycles. The number of nitrogens with two attached hydrogens (primary N) is 1. The van der Waals surface area contributed by atoms with Crippen molar-refractivity contribution in [1.82, 2.24) is 9.97 Å². The quantitative estimate of drug-likeness (QED) is 0.916. The minimum atomic E-state index is -4.74. The average molecular weight is 303 g/mol. The Hall–Kier alpha value is -2.00. The van der Waals surface area contributed by atoms with Crippen LogP contribution in [0.2, 0.25) is 0 Å². The van der Waals surface area contributed by atoms with Gasteiger partial charge in [-0.3, -0.25) is 0 Å². The number of nitrogens with zero attached hydrogens (tertiary/aromatic N) is 2. The van der Waals surface area contributed by atoms with E-state index in [1.54, 1.807) is 0 Å². The summed E-state index contributed by atoms with van der Waals surface area (Å²) in [6.45, 7) is 0. The molecule has 0 aliphatic heterocycles. The van der Waals surface area contributed by atoms with Crippen molar-refractivity contribution in [2.24, 2.45) is 5.14 Å². The molecule has 1 aromatic heterocycles. The third kappa shape index (κ3) is 2.78. The van der Waals surface area contributed by atoms with Gasteiger partial charge in [0.2, 0.25) is 10.0 Å². The molecule has 9 heteroatoms. The van der Waals surface area contributed by atoms with E-state index in [1.165, 1.54) is 12.3 Å². The fraction of sp³-hybridized carbons (Fsp3) is 0.0909. The highest BCUT2D eigenvalue weighted by Crippen LogP contribution is 2.39.